The maximum atomic E-state index is 13.1. The molecule has 22 heavy (non-hydrogen) atoms. The number of carbonyl (C=O) groups is 1. The van der Waals surface area contributed by atoms with Gasteiger partial charge in [-0.25, -0.2) is 12.8 Å². The van der Waals surface area contributed by atoms with Crippen LogP contribution in [-0.2, 0) is 14.8 Å². The standard InChI is InChI=1S/C15H13FN2O3S/c1-2-15(19)17-12-6-8-14(9-7-12)22(20,21)18-13-5-3-4-11(16)10-13/h2-10,18H,1H2,(H,17,19). The average molecular weight is 320 g/mol. The van der Waals surface area contributed by atoms with Crippen molar-refractivity contribution < 1.29 is 17.6 Å². The Balaban J connectivity index is 2.19. The lowest BCUT2D eigenvalue weighted by molar-refractivity contribution is -0.111. The number of carbonyl (C=O) groups excluding carboxylic acids is 1. The van der Waals surface area contributed by atoms with E-state index in [4.69, 9.17) is 0 Å². The Morgan fingerprint density at radius 1 is 1.09 bits per heavy atom. The molecule has 1 amide bonds. The zero-order chi connectivity index (χ0) is 16.2. The summed E-state index contributed by atoms with van der Waals surface area (Å²) in [6, 6.07) is 10.7. The molecule has 5 nitrogen and oxygen atoms in total. The van der Waals surface area contributed by atoms with Gasteiger partial charge in [0.05, 0.1) is 10.6 Å². The van der Waals surface area contributed by atoms with Gasteiger partial charge in [-0.05, 0) is 48.5 Å². The summed E-state index contributed by atoms with van der Waals surface area (Å²) < 4.78 is 39.7. The third kappa shape index (κ3) is 3.92. The first-order chi connectivity index (χ1) is 10.4. The molecule has 0 aliphatic heterocycles. The summed E-state index contributed by atoms with van der Waals surface area (Å²) in [5.41, 5.74) is 0.568. The van der Waals surface area contributed by atoms with Crippen LogP contribution in [-0.4, -0.2) is 14.3 Å². The fourth-order valence-corrected chi connectivity index (χ4v) is 2.73. The van der Waals surface area contributed by atoms with Crippen molar-refractivity contribution in [2.45, 2.75) is 4.90 Å². The van der Waals surface area contributed by atoms with Crippen molar-refractivity contribution in [3.8, 4) is 0 Å². The summed E-state index contributed by atoms with van der Waals surface area (Å²) >= 11 is 0. The molecule has 0 saturated carbocycles. The second kappa shape index (κ2) is 6.40. The minimum absolute atomic E-state index is 0.00615. The first-order valence-corrected chi connectivity index (χ1v) is 7.71. The molecule has 2 aromatic rings. The molecule has 2 aromatic carbocycles. The van der Waals surface area contributed by atoms with E-state index in [1.807, 2.05) is 0 Å². The van der Waals surface area contributed by atoms with Crippen molar-refractivity contribution in [1.82, 2.24) is 0 Å². The minimum Gasteiger partial charge on any atom is -0.323 e. The summed E-state index contributed by atoms with van der Waals surface area (Å²) in [5.74, 6) is -0.934. The molecule has 2 N–H and O–H groups in total. The molecule has 0 unspecified atom stereocenters. The number of sulfonamides is 1. The molecule has 0 aromatic heterocycles. The van der Waals surface area contributed by atoms with Gasteiger partial charge in [-0.2, -0.15) is 0 Å². The number of nitrogens with one attached hydrogen (secondary N) is 2. The molecule has 0 radical (unpaired) electrons. The number of hydrogen-bond donors (Lipinski definition) is 2. The smallest absolute Gasteiger partial charge is 0.261 e. The highest BCUT2D eigenvalue weighted by Gasteiger charge is 2.14. The topological polar surface area (TPSA) is 75.3 Å². The van der Waals surface area contributed by atoms with Gasteiger partial charge in [0, 0.05) is 5.69 Å². The first kappa shape index (κ1) is 15.7. The Hall–Kier alpha value is -2.67. The Labute approximate surface area is 127 Å². The van der Waals surface area contributed by atoms with Crippen molar-refractivity contribution in [2.75, 3.05) is 10.0 Å². The molecule has 114 valence electrons. The van der Waals surface area contributed by atoms with Gasteiger partial charge in [0.2, 0.25) is 5.91 Å². The van der Waals surface area contributed by atoms with Gasteiger partial charge in [0.25, 0.3) is 10.0 Å². The largest absolute Gasteiger partial charge is 0.323 e. The van der Waals surface area contributed by atoms with Crippen molar-refractivity contribution in [1.29, 1.82) is 0 Å². The summed E-state index contributed by atoms with van der Waals surface area (Å²) in [4.78, 5) is 11.1. The molecule has 0 spiro atoms. The normalized spacial score (nSPS) is 10.8. The van der Waals surface area contributed by atoms with Gasteiger partial charge in [-0.3, -0.25) is 9.52 Å². The molecule has 7 heteroatoms. The number of amides is 1. The second-order valence-corrected chi connectivity index (χ2v) is 6.02. The zero-order valence-corrected chi connectivity index (χ0v) is 12.2. The lowest BCUT2D eigenvalue weighted by Gasteiger charge is -2.09. The van der Waals surface area contributed by atoms with Gasteiger partial charge >= 0.3 is 0 Å². The zero-order valence-electron chi connectivity index (χ0n) is 11.4. The van der Waals surface area contributed by atoms with E-state index in [1.165, 1.54) is 42.5 Å². The van der Waals surface area contributed by atoms with E-state index < -0.39 is 21.7 Å². The van der Waals surface area contributed by atoms with Gasteiger partial charge in [-0.1, -0.05) is 12.6 Å². The fourth-order valence-electron chi connectivity index (χ4n) is 1.68. The van der Waals surface area contributed by atoms with E-state index in [9.17, 15) is 17.6 Å². The van der Waals surface area contributed by atoms with E-state index in [0.29, 0.717) is 5.69 Å². The Morgan fingerprint density at radius 2 is 1.77 bits per heavy atom. The minimum atomic E-state index is -3.83. The van der Waals surface area contributed by atoms with E-state index in [1.54, 1.807) is 0 Å². The highest BCUT2D eigenvalue weighted by molar-refractivity contribution is 7.92. The maximum absolute atomic E-state index is 13.1. The van der Waals surface area contributed by atoms with Crippen LogP contribution in [0.25, 0.3) is 0 Å². The maximum Gasteiger partial charge on any atom is 0.261 e. The molecule has 0 aliphatic carbocycles. The van der Waals surface area contributed by atoms with E-state index in [0.717, 1.165) is 12.1 Å². The quantitative estimate of drug-likeness (QED) is 0.832. The highest BCUT2D eigenvalue weighted by Crippen LogP contribution is 2.18. The summed E-state index contributed by atoms with van der Waals surface area (Å²) in [6.07, 6.45) is 1.11. The number of anilines is 2. The summed E-state index contributed by atoms with van der Waals surface area (Å²) in [6.45, 7) is 3.32. The molecule has 0 aliphatic rings. The van der Waals surface area contributed by atoms with Crippen LogP contribution in [0.4, 0.5) is 15.8 Å². The van der Waals surface area contributed by atoms with Crippen LogP contribution in [0.2, 0.25) is 0 Å². The van der Waals surface area contributed by atoms with Crippen LogP contribution in [0.1, 0.15) is 0 Å². The predicted molar refractivity (Wildman–Crippen MR) is 82.5 cm³/mol. The van der Waals surface area contributed by atoms with Crippen LogP contribution < -0.4 is 10.0 Å². The van der Waals surface area contributed by atoms with Crippen molar-refractivity contribution >= 4 is 27.3 Å². The number of halogens is 1. The lowest BCUT2D eigenvalue weighted by atomic mass is 10.3. The third-order valence-electron chi connectivity index (χ3n) is 2.69. The summed E-state index contributed by atoms with van der Waals surface area (Å²) in [7, 11) is -3.83. The lowest BCUT2D eigenvalue weighted by Crippen LogP contribution is -2.13. The molecule has 2 rings (SSSR count). The number of hydrogen-bond acceptors (Lipinski definition) is 3. The molecule has 0 saturated heterocycles. The Kier molecular flexibility index (Phi) is 4.57. The molecule has 0 atom stereocenters. The second-order valence-electron chi connectivity index (χ2n) is 4.33. The average Bonchev–Trinajstić information content (AvgIpc) is 2.47. The third-order valence-corrected chi connectivity index (χ3v) is 4.09. The van der Waals surface area contributed by atoms with Crippen LogP contribution in [0, 0.1) is 5.82 Å². The SMILES string of the molecule is C=CC(=O)Nc1ccc(S(=O)(=O)Nc2cccc(F)c2)cc1. The number of rotatable bonds is 5. The van der Waals surface area contributed by atoms with Crippen LogP contribution in [0.3, 0.4) is 0 Å². The molecule has 0 heterocycles. The molecular weight excluding hydrogens is 307 g/mol. The van der Waals surface area contributed by atoms with Gasteiger partial charge in [0.15, 0.2) is 0 Å². The first-order valence-electron chi connectivity index (χ1n) is 6.22. The van der Waals surface area contributed by atoms with Gasteiger partial charge in [-0.15, -0.1) is 0 Å². The highest BCUT2D eigenvalue weighted by atomic mass is 32.2. The van der Waals surface area contributed by atoms with Crippen LogP contribution in [0.5, 0.6) is 0 Å². The molecule has 0 fully saturated rings. The summed E-state index contributed by atoms with van der Waals surface area (Å²) in [5, 5.41) is 2.51. The Bertz CT molecular complexity index is 802. The van der Waals surface area contributed by atoms with Gasteiger partial charge in [0.1, 0.15) is 5.82 Å². The van der Waals surface area contributed by atoms with E-state index in [2.05, 4.69) is 16.6 Å². The van der Waals surface area contributed by atoms with E-state index >= 15 is 0 Å². The molecule has 0 bridgehead atoms. The van der Waals surface area contributed by atoms with Crippen molar-refractivity contribution in [2.24, 2.45) is 0 Å². The monoisotopic (exact) mass is 320 g/mol. The fraction of sp³-hybridized carbons (Fsp3) is 0. The Morgan fingerprint density at radius 3 is 2.36 bits per heavy atom. The van der Waals surface area contributed by atoms with Crippen molar-refractivity contribution in [3.05, 3.63) is 67.0 Å². The van der Waals surface area contributed by atoms with Crippen LogP contribution in [0.15, 0.2) is 66.1 Å². The molecular formula is C15H13FN2O3S. The van der Waals surface area contributed by atoms with E-state index in [-0.39, 0.29) is 10.6 Å². The van der Waals surface area contributed by atoms with Gasteiger partial charge < -0.3 is 5.32 Å². The van der Waals surface area contributed by atoms with Crippen LogP contribution >= 0.6 is 0 Å². The number of benzene rings is 2. The van der Waals surface area contributed by atoms with Crippen molar-refractivity contribution in [3.63, 3.8) is 0 Å². The predicted octanol–water partition coefficient (Wildman–Crippen LogP) is 2.75.